The Balaban J connectivity index is 1.48. The summed E-state index contributed by atoms with van der Waals surface area (Å²) in [5, 5.41) is 12.2. The van der Waals surface area contributed by atoms with Gasteiger partial charge in [0, 0.05) is 37.2 Å². The number of hydrogen-bond acceptors (Lipinski definition) is 9. The highest BCUT2D eigenvalue weighted by atomic mass is 32.2. The second kappa shape index (κ2) is 15.2. The predicted octanol–water partition coefficient (Wildman–Crippen LogP) is 7.14. The Morgan fingerprint density at radius 1 is 0.727 bits per heavy atom. The zero-order valence-corrected chi connectivity index (χ0v) is 30.6. The first-order chi connectivity index (χ1) is 26.5. The molecule has 0 atom stereocenters. The highest BCUT2D eigenvalue weighted by Crippen LogP contribution is 2.45. The monoisotopic (exact) mass is 769 g/mol. The minimum Gasteiger partial charge on any atom is -0.497 e. The third-order valence-electron chi connectivity index (χ3n) is 9.04. The van der Waals surface area contributed by atoms with Crippen LogP contribution in [0, 0.1) is 0 Å². The zero-order valence-electron chi connectivity index (χ0n) is 29.8. The van der Waals surface area contributed by atoms with E-state index in [0.29, 0.717) is 45.1 Å². The van der Waals surface area contributed by atoms with Crippen LogP contribution in [0.4, 0.5) is 13.2 Å². The maximum Gasteiger partial charge on any atom is 0.417 e. The van der Waals surface area contributed by atoms with Crippen molar-refractivity contribution in [1.82, 2.24) is 33.9 Å². The lowest BCUT2D eigenvalue weighted by atomic mass is 9.97. The number of methoxy groups -OCH3 is 3. The van der Waals surface area contributed by atoms with E-state index in [4.69, 9.17) is 14.2 Å². The van der Waals surface area contributed by atoms with E-state index in [9.17, 15) is 0 Å². The molecule has 0 aliphatic heterocycles. The molecule has 0 amide bonds. The van der Waals surface area contributed by atoms with Crippen LogP contribution in [0.15, 0.2) is 121 Å². The normalized spacial score (nSPS) is 12.0. The van der Waals surface area contributed by atoms with E-state index >= 15 is 21.6 Å². The largest absolute Gasteiger partial charge is 0.497 e. The van der Waals surface area contributed by atoms with E-state index in [1.165, 1.54) is 32.1 Å². The van der Waals surface area contributed by atoms with Crippen molar-refractivity contribution < 1.29 is 35.8 Å². The maximum absolute atomic E-state index is 15.3. The summed E-state index contributed by atoms with van der Waals surface area (Å²) >= 11 is 0. The molecule has 12 nitrogen and oxygen atoms in total. The van der Waals surface area contributed by atoms with Gasteiger partial charge in [0.1, 0.15) is 27.8 Å². The van der Waals surface area contributed by atoms with Gasteiger partial charge in [-0.05, 0) is 92.8 Å². The molecule has 0 unspecified atom stereocenters. The van der Waals surface area contributed by atoms with Crippen molar-refractivity contribution in [2.75, 3.05) is 21.3 Å². The van der Waals surface area contributed by atoms with Crippen molar-refractivity contribution in [3.05, 3.63) is 138 Å². The molecule has 3 heterocycles. The Bertz CT molecular complexity index is 2490. The molecule has 0 aliphatic carbocycles. The topological polar surface area (TPSA) is 126 Å². The van der Waals surface area contributed by atoms with Crippen LogP contribution < -0.4 is 14.2 Å². The molecular formula is C39H34F3N7O5S. The molecule has 0 bridgehead atoms. The zero-order chi connectivity index (χ0) is 38.7. The van der Waals surface area contributed by atoms with Crippen molar-refractivity contribution in [3.8, 4) is 39.8 Å². The third kappa shape index (κ3) is 7.72. The number of halogens is 3. The van der Waals surface area contributed by atoms with Crippen molar-refractivity contribution in [3.63, 3.8) is 0 Å². The molecule has 16 heteroatoms. The Morgan fingerprint density at radius 3 is 1.84 bits per heavy atom. The average molecular weight is 770 g/mol. The van der Waals surface area contributed by atoms with Crippen molar-refractivity contribution in [1.29, 1.82) is 0 Å². The SMILES string of the molecule is COc1ccc(CN(Cc2ccc(OC)cc2)S(=O)(=O)c2c(C(F)(F)F)ccc(-c3ccc4nccn4c3)c2-c2nnnn2Cc2ccc(OC)cc2)cc1. The Hall–Kier alpha value is -6.26. The van der Waals surface area contributed by atoms with Crippen LogP contribution in [0.5, 0.6) is 17.2 Å². The summed E-state index contributed by atoms with van der Waals surface area (Å²) < 4.78 is 96.4. The van der Waals surface area contributed by atoms with E-state index in [-0.39, 0.29) is 36.6 Å². The van der Waals surface area contributed by atoms with Gasteiger partial charge in [-0.2, -0.15) is 17.5 Å². The van der Waals surface area contributed by atoms with Gasteiger partial charge in [-0.1, -0.05) is 42.5 Å². The summed E-state index contributed by atoms with van der Waals surface area (Å²) in [6.07, 6.45) is -0.188. The van der Waals surface area contributed by atoms with Gasteiger partial charge in [0.2, 0.25) is 10.0 Å². The number of rotatable bonds is 13. The molecule has 3 aromatic heterocycles. The van der Waals surface area contributed by atoms with Gasteiger partial charge in [0.05, 0.1) is 33.4 Å². The van der Waals surface area contributed by atoms with Crippen LogP contribution in [-0.2, 0) is 35.8 Å². The van der Waals surface area contributed by atoms with Crippen molar-refractivity contribution in [2.24, 2.45) is 0 Å². The molecule has 0 saturated carbocycles. The van der Waals surface area contributed by atoms with Gasteiger partial charge in [0.15, 0.2) is 5.82 Å². The lowest BCUT2D eigenvalue weighted by molar-refractivity contribution is -0.139. The second-order valence-electron chi connectivity index (χ2n) is 12.5. The molecule has 4 aromatic carbocycles. The number of nitrogens with zero attached hydrogens (tertiary/aromatic N) is 7. The van der Waals surface area contributed by atoms with Gasteiger partial charge < -0.3 is 18.6 Å². The fraction of sp³-hybridized carbons (Fsp3) is 0.179. The first kappa shape index (κ1) is 37.1. The number of hydrogen-bond donors (Lipinski definition) is 0. The molecule has 282 valence electrons. The smallest absolute Gasteiger partial charge is 0.417 e. The Kier molecular flexibility index (Phi) is 10.3. The van der Waals surface area contributed by atoms with Crippen LogP contribution in [-0.4, -0.2) is 63.6 Å². The fourth-order valence-corrected chi connectivity index (χ4v) is 8.05. The molecular weight excluding hydrogens is 736 g/mol. The van der Waals surface area contributed by atoms with Crippen LogP contribution in [0.1, 0.15) is 22.3 Å². The maximum atomic E-state index is 15.3. The first-order valence-corrected chi connectivity index (χ1v) is 18.3. The van der Waals surface area contributed by atoms with Crippen LogP contribution in [0.2, 0.25) is 0 Å². The van der Waals surface area contributed by atoms with Gasteiger partial charge >= 0.3 is 6.18 Å². The molecule has 0 N–H and O–H groups in total. The van der Waals surface area contributed by atoms with Crippen LogP contribution in [0.25, 0.3) is 28.2 Å². The number of sulfonamides is 1. The van der Waals surface area contributed by atoms with E-state index < -0.39 is 26.7 Å². The Morgan fingerprint density at radius 2 is 1.29 bits per heavy atom. The quantitative estimate of drug-likeness (QED) is 0.120. The molecule has 0 saturated heterocycles. The van der Waals surface area contributed by atoms with Gasteiger partial charge in [-0.3, -0.25) is 0 Å². The lowest BCUT2D eigenvalue weighted by Crippen LogP contribution is -2.32. The van der Waals surface area contributed by atoms with Crippen molar-refractivity contribution >= 4 is 15.7 Å². The summed E-state index contributed by atoms with van der Waals surface area (Å²) in [5.41, 5.74) is 1.17. The van der Waals surface area contributed by atoms with E-state index in [0.717, 1.165) is 10.4 Å². The van der Waals surface area contributed by atoms with E-state index in [2.05, 4.69) is 20.5 Å². The number of imidazole rings is 1. The summed E-state index contributed by atoms with van der Waals surface area (Å²) in [7, 11) is -0.536. The van der Waals surface area contributed by atoms with Gasteiger partial charge in [0.25, 0.3) is 0 Å². The fourth-order valence-electron chi connectivity index (χ4n) is 6.23. The summed E-state index contributed by atoms with van der Waals surface area (Å²) in [6.45, 7) is -0.558. The second-order valence-corrected chi connectivity index (χ2v) is 14.3. The standard InChI is InChI=1S/C39H34F3N7O5S/c1-52-30-11-4-26(5-12-30)22-48(23-27-6-13-31(53-2)14-7-27)55(50,51)37-34(39(40,41)42)18-17-33(29-10-19-35-43-20-21-47(35)25-29)36(37)38-44-45-46-49(38)24-28-8-15-32(54-3)16-9-28/h4-21,25H,22-24H2,1-3H3. The number of ether oxygens (including phenoxy) is 3. The van der Waals surface area contributed by atoms with Gasteiger partial charge in [-0.15, -0.1) is 5.10 Å². The minimum atomic E-state index is -5.11. The Labute approximate surface area is 314 Å². The van der Waals surface area contributed by atoms with Gasteiger partial charge in [-0.25, -0.2) is 18.1 Å². The highest BCUT2D eigenvalue weighted by Gasteiger charge is 2.43. The van der Waals surface area contributed by atoms with Crippen LogP contribution >= 0.6 is 0 Å². The number of alkyl halides is 3. The molecule has 0 fully saturated rings. The number of benzene rings is 4. The summed E-state index contributed by atoms with van der Waals surface area (Å²) in [4.78, 5) is 3.29. The van der Waals surface area contributed by atoms with Crippen LogP contribution in [0.3, 0.4) is 0 Å². The average Bonchev–Trinajstić information content (AvgIpc) is 3.87. The first-order valence-electron chi connectivity index (χ1n) is 16.8. The van der Waals surface area contributed by atoms with Crippen molar-refractivity contribution in [2.45, 2.75) is 30.7 Å². The number of tetrazole rings is 1. The van der Waals surface area contributed by atoms with E-state index in [1.54, 1.807) is 108 Å². The summed E-state index contributed by atoms with van der Waals surface area (Å²) in [5.74, 6) is 1.47. The third-order valence-corrected chi connectivity index (χ3v) is 10.9. The minimum absolute atomic E-state index is 0.00344. The van der Waals surface area contributed by atoms with E-state index in [1.807, 2.05) is 0 Å². The number of aromatic nitrogens is 6. The molecule has 0 aliphatic rings. The molecule has 0 spiro atoms. The lowest BCUT2D eigenvalue weighted by Gasteiger charge is -2.27. The molecule has 0 radical (unpaired) electrons. The summed E-state index contributed by atoms with van der Waals surface area (Å²) in [6, 6.07) is 25.6. The predicted molar refractivity (Wildman–Crippen MR) is 197 cm³/mol. The number of fused-ring (bicyclic) bond motifs is 1. The molecule has 7 rings (SSSR count). The number of pyridine rings is 1. The molecule has 55 heavy (non-hydrogen) atoms. The highest BCUT2D eigenvalue weighted by molar-refractivity contribution is 7.89. The molecule has 7 aromatic rings.